The van der Waals surface area contributed by atoms with Crippen LogP contribution in [0.5, 0.6) is 0 Å². The fourth-order valence-electron chi connectivity index (χ4n) is 1.78. The van der Waals surface area contributed by atoms with Gasteiger partial charge in [0, 0.05) is 18.6 Å². The Hall–Kier alpha value is -1.75. The van der Waals surface area contributed by atoms with Crippen LogP contribution in [0.25, 0.3) is 0 Å². The van der Waals surface area contributed by atoms with Crippen LogP contribution in [-0.2, 0) is 18.6 Å². The Kier molecular flexibility index (Phi) is 4.49. The molecule has 2 rings (SSSR count). The molecule has 0 atom stereocenters. The third-order valence-corrected chi connectivity index (χ3v) is 3.03. The molecule has 0 spiro atoms. The Labute approximate surface area is 119 Å². The first kappa shape index (κ1) is 14.7. The Bertz CT molecular complexity index is 585. The highest BCUT2D eigenvalue weighted by molar-refractivity contribution is 6.17. The van der Waals surface area contributed by atoms with Crippen LogP contribution in [0, 0.1) is 0 Å². The maximum Gasteiger partial charge on any atom is 0.419 e. The van der Waals surface area contributed by atoms with Gasteiger partial charge in [0.15, 0.2) is 0 Å². The van der Waals surface area contributed by atoms with E-state index in [-0.39, 0.29) is 12.4 Å². The minimum absolute atomic E-state index is 0.170. The van der Waals surface area contributed by atoms with E-state index in [1.807, 2.05) is 24.3 Å². The van der Waals surface area contributed by atoms with E-state index in [0.717, 1.165) is 17.2 Å². The van der Waals surface area contributed by atoms with Crippen LogP contribution >= 0.6 is 11.6 Å². The van der Waals surface area contributed by atoms with E-state index in [9.17, 15) is 13.2 Å². The van der Waals surface area contributed by atoms with Gasteiger partial charge in [-0.3, -0.25) is 0 Å². The Balaban J connectivity index is 2.15. The number of alkyl halides is 4. The summed E-state index contributed by atoms with van der Waals surface area (Å²) < 4.78 is 38.4. The number of aromatic nitrogens is 1. The molecular weight excluding hydrogens is 289 g/mol. The van der Waals surface area contributed by atoms with Gasteiger partial charge < -0.3 is 5.32 Å². The molecule has 0 radical (unpaired) electrons. The second-order valence-corrected chi connectivity index (χ2v) is 4.47. The number of nitrogens with zero attached hydrogens (tertiary/aromatic N) is 1. The largest absolute Gasteiger partial charge is 0.419 e. The second-order valence-electron chi connectivity index (χ2n) is 4.20. The van der Waals surface area contributed by atoms with Crippen LogP contribution in [0.2, 0.25) is 0 Å². The summed E-state index contributed by atoms with van der Waals surface area (Å²) in [5.74, 6) is 0.196. The maximum absolute atomic E-state index is 12.8. The Morgan fingerprint density at radius 2 is 1.85 bits per heavy atom. The van der Waals surface area contributed by atoms with Crippen molar-refractivity contribution < 1.29 is 13.2 Å². The van der Waals surface area contributed by atoms with Crippen molar-refractivity contribution in [2.75, 3.05) is 5.32 Å². The molecule has 0 aliphatic heterocycles. The van der Waals surface area contributed by atoms with Gasteiger partial charge in [-0.25, -0.2) is 4.98 Å². The summed E-state index contributed by atoms with van der Waals surface area (Å²) in [7, 11) is 0. The lowest BCUT2D eigenvalue weighted by molar-refractivity contribution is -0.137. The SMILES string of the molecule is FC(F)(F)c1cccnc1NCc1cccc(CCl)c1. The molecule has 1 aromatic carbocycles. The lowest BCUT2D eigenvalue weighted by Gasteiger charge is -2.13. The minimum Gasteiger partial charge on any atom is -0.365 e. The highest BCUT2D eigenvalue weighted by atomic mass is 35.5. The molecule has 0 bridgehead atoms. The smallest absolute Gasteiger partial charge is 0.365 e. The maximum atomic E-state index is 12.8. The van der Waals surface area contributed by atoms with Gasteiger partial charge in [0.1, 0.15) is 5.82 Å². The molecule has 0 amide bonds. The van der Waals surface area contributed by atoms with E-state index in [2.05, 4.69) is 10.3 Å². The van der Waals surface area contributed by atoms with Crippen molar-refractivity contribution in [1.82, 2.24) is 4.98 Å². The molecule has 1 heterocycles. The van der Waals surface area contributed by atoms with Crippen molar-refractivity contribution in [3.8, 4) is 0 Å². The summed E-state index contributed by atoms with van der Waals surface area (Å²) in [5.41, 5.74) is 0.999. The van der Waals surface area contributed by atoms with E-state index < -0.39 is 11.7 Å². The molecule has 0 aliphatic rings. The topological polar surface area (TPSA) is 24.9 Å². The zero-order valence-corrected chi connectivity index (χ0v) is 11.2. The molecule has 0 aliphatic carbocycles. The molecule has 2 nitrogen and oxygen atoms in total. The fraction of sp³-hybridized carbons (Fsp3) is 0.214. The minimum atomic E-state index is -4.42. The molecule has 0 fully saturated rings. The van der Waals surface area contributed by atoms with Gasteiger partial charge in [-0.2, -0.15) is 13.2 Å². The Morgan fingerprint density at radius 1 is 1.10 bits per heavy atom. The summed E-state index contributed by atoms with van der Waals surface area (Å²) in [6, 6.07) is 9.61. The van der Waals surface area contributed by atoms with Gasteiger partial charge >= 0.3 is 6.18 Å². The van der Waals surface area contributed by atoms with Crippen molar-refractivity contribution in [3.63, 3.8) is 0 Å². The van der Waals surface area contributed by atoms with Crippen LogP contribution in [0.3, 0.4) is 0 Å². The number of pyridine rings is 1. The highest BCUT2D eigenvalue weighted by Gasteiger charge is 2.33. The van der Waals surface area contributed by atoms with E-state index in [1.165, 1.54) is 12.3 Å². The standard InChI is InChI=1S/C14H12ClF3N2/c15-8-10-3-1-4-11(7-10)9-20-13-12(14(16,17)18)5-2-6-19-13/h1-7H,8-9H2,(H,19,20). The first-order valence-corrected chi connectivity index (χ1v) is 6.44. The lowest BCUT2D eigenvalue weighted by Crippen LogP contribution is -2.12. The quantitative estimate of drug-likeness (QED) is 0.844. The van der Waals surface area contributed by atoms with Crippen LogP contribution < -0.4 is 5.32 Å². The average molecular weight is 301 g/mol. The van der Waals surface area contributed by atoms with Gasteiger partial charge in [0.25, 0.3) is 0 Å². The van der Waals surface area contributed by atoms with Gasteiger partial charge in [0.2, 0.25) is 0 Å². The van der Waals surface area contributed by atoms with Crippen molar-refractivity contribution in [3.05, 3.63) is 59.3 Å². The Morgan fingerprint density at radius 3 is 2.55 bits per heavy atom. The summed E-state index contributed by atoms with van der Waals surface area (Å²) in [5, 5.41) is 2.71. The fourth-order valence-corrected chi connectivity index (χ4v) is 1.95. The monoisotopic (exact) mass is 300 g/mol. The van der Waals surface area contributed by atoms with E-state index in [0.29, 0.717) is 5.88 Å². The van der Waals surface area contributed by atoms with Gasteiger partial charge in [-0.05, 0) is 23.3 Å². The molecule has 2 aromatic rings. The predicted octanol–water partition coefficient (Wildman–Crippen LogP) is 4.45. The van der Waals surface area contributed by atoms with Crippen molar-refractivity contribution in [2.45, 2.75) is 18.6 Å². The van der Waals surface area contributed by atoms with Crippen LogP contribution in [0.15, 0.2) is 42.6 Å². The van der Waals surface area contributed by atoms with E-state index >= 15 is 0 Å². The van der Waals surface area contributed by atoms with Crippen LogP contribution in [-0.4, -0.2) is 4.98 Å². The molecule has 1 N–H and O–H groups in total. The van der Waals surface area contributed by atoms with Crippen LogP contribution in [0.4, 0.5) is 19.0 Å². The molecule has 0 saturated carbocycles. The molecule has 106 valence electrons. The zero-order valence-electron chi connectivity index (χ0n) is 10.4. The first-order valence-electron chi connectivity index (χ1n) is 5.90. The summed E-state index contributed by atoms with van der Waals surface area (Å²) in [4.78, 5) is 3.75. The van der Waals surface area contributed by atoms with Crippen molar-refractivity contribution in [1.29, 1.82) is 0 Å². The van der Waals surface area contributed by atoms with Crippen LogP contribution in [0.1, 0.15) is 16.7 Å². The number of nitrogens with one attached hydrogen (secondary N) is 1. The second kappa shape index (κ2) is 6.13. The van der Waals surface area contributed by atoms with E-state index in [1.54, 1.807) is 0 Å². The average Bonchev–Trinajstić information content (AvgIpc) is 2.44. The van der Waals surface area contributed by atoms with Gasteiger partial charge in [-0.1, -0.05) is 24.3 Å². The van der Waals surface area contributed by atoms with Crippen molar-refractivity contribution >= 4 is 17.4 Å². The number of hydrogen-bond donors (Lipinski definition) is 1. The summed E-state index contributed by atoms with van der Waals surface area (Å²) in [6.07, 6.45) is -3.10. The molecule has 20 heavy (non-hydrogen) atoms. The molecule has 6 heteroatoms. The van der Waals surface area contributed by atoms with Crippen molar-refractivity contribution in [2.24, 2.45) is 0 Å². The summed E-state index contributed by atoms with van der Waals surface area (Å²) in [6.45, 7) is 0.255. The van der Waals surface area contributed by atoms with E-state index in [4.69, 9.17) is 11.6 Å². The predicted molar refractivity (Wildman–Crippen MR) is 72.6 cm³/mol. The molecule has 0 unspecified atom stereocenters. The number of anilines is 1. The third-order valence-electron chi connectivity index (χ3n) is 2.72. The normalized spacial score (nSPS) is 11.4. The number of halogens is 4. The third kappa shape index (κ3) is 3.63. The zero-order chi connectivity index (χ0) is 14.6. The van der Waals surface area contributed by atoms with Gasteiger partial charge in [0.05, 0.1) is 5.56 Å². The molecular formula is C14H12ClF3N2. The first-order chi connectivity index (χ1) is 9.50. The summed E-state index contributed by atoms with van der Waals surface area (Å²) >= 11 is 5.72. The number of rotatable bonds is 4. The molecule has 1 aromatic heterocycles. The highest BCUT2D eigenvalue weighted by Crippen LogP contribution is 2.33. The van der Waals surface area contributed by atoms with Gasteiger partial charge in [-0.15, -0.1) is 11.6 Å². The molecule has 0 saturated heterocycles. The lowest BCUT2D eigenvalue weighted by atomic mass is 10.1. The number of benzene rings is 1. The number of hydrogen-bond acceptors (Lipinski definition) is 2.